The predicted octanol–water partition coefficient (Wildman–Crippen LogP) is 5.31. The van der Waals surface area contributed by atoms with Crippen molar-refractivity contribution in [3.05, 3.63) is 75.1 Å². The number of nitrogens with one attached hydrogen (secondary N) is 2. The molecule has 4 aromatic rings. The zero-order valence-electron chi connectivity index (χ0n) is 15.2. The zero-order valence-corrected chi connectivity index (χ0v) is 16.8. The number of thiazole rings is 1. The fourth-order valence-electron chi connectivity index (χ4n) is 2.75. The van der Waals surface area contributed by atoms with E-state index in [9.17, 15) is 10.1 Å². The molecule has 0 amide bonds. The molecule has 2 aromatic carbocycles. The highest BCUT2D eigenvalue weighted by Crippen LogP contribution is 2.34. The van der Waals surface area contributed by atoms with Crippen LogP contribution < -0.4 is 10.6 Å². The Morgan fingerprint density at radius 2 is 1.90 bits per heavy atom. The molecule has 8 nitrogen and oxygen atoms in total. The van der Waals surface area contributed by atoms with Crippen molar-refractivity contribution in [1.29, 1.82) is 0 Å². The van der Waals surface area contributed by atoms with E-state index in [4.69, 9.17) is 11.6 Å². The number of aromatic nitrogens is 3. The van der Waals surface area contributed by atoms with Gasteiger partial charge in [0.2, 0.25) is 11.6 Å². The summed E-state index contributed by atoms with van der Waals surface area (Å²) in [6.07, 6.45) is 1.27. The number of hydrogen-bond donors (Lipinski definition) is 2. The number of nitrogens with zero attached hydrogens (tertiary/aromatic N) is 4. The third kappa shape index (κ3) is 4.25. The van der Waals surface area contributed by atoms with Crippen LogP contribution in [0.15, 0.2) is 48.8 Å². The Balaban J connectivity index is 1.61. The first-order chi connectivity index (χ1) is 14.0. The summed E-state index contributed by atoms with van der Waals surface area (Å²) >= 11 is 7.29. The largest absolute Gasteiger partial charge is 0.360 e. The number of rotatable bonds is 6. The van der Waals surface area contributed by atoms with Crippen LogP contribution in [0.4, 0.5) is 22.5 Å². The summed E-state index contributed by atoms with van der Waals surface area (Å²) in [5.41, 5.74) is 2.62. The molecule has 2 aromatic heterocycles. The van der Waals surface area contributed by atoms with Gasteiger partial charge in [0.15, 0.2) is 5.13 Å². The number of benzene rings is 2. The van der Waals surface area contributed by atoms with Gasteiger partial charge in [-0.05, 0) is 42.3 Å². The van der Waals surface area contributed by atoms with Crippen LogP contribution in [0.3, 0.4) is 0 Å². The predicted molar refractivity (Wildman–Crippen MR) is 115 cm³/mol. The highest BCUT2D eigenvalue weighted by Gasteiger charge is 2.24. The van der Waals surface area contributed by atoms with Gasteiger partial charge in [-0.1, -0.05) is 41.1 Å². The summed E-state index contributed by atoms with van der Waals surface area (Å²) in [6, 6.07) is 13.1. The fourth-order valence-corrected chi connectivity index (χ4v) is 3.84. The third-order valence-corrected chi connectivity index (χ3v) is 5.33. The first-order valence-electron chi connectivity index (χ1n) is 8.61. The maximum Gasteiger partial charge on any atom is 0.353 e. The fraction of sp³-hybridized carbons (Fsp3) is 0.105. The molecular formula is C19H15ClN6O2S. The van der Waals surface area contributed by atoms with Gasteiger partial charge < -0.3 is 10.6 Å². The Labute approximate surface area is 174 Å². The first kappa shape index (κ1) is 19.0. The van der Waals surface area contributed by atoms with Gasteiger partial charge in [-0.3, -0.25) is 10.1 Å². The molecule has 10 heteroatoms. The second-order valence-corrected chi connectivity index (χ2v) is 7.74. The molecule has 0 spiro atoms. The van der Waals surface area contributed by atoms with Crippen molar-refractivity contribution in [2.45, 2.75) is 13.5 Å². The molecule has 0 saturated heterocycles. The number of hydrogen-bond acceptors (Lipinski definition) is 8. The highest BCUT2D eigenvalue weighted by molar-refractivity contribution is 7.22. The Morgan fingerprint density at radius 3 is 2.66 bits per heavy atom. The maximum absolute atomic E-state index is 11.7. The van der Waals surface area contributed by atoms with Crippen molar-refractivity contribution in [2.75, 3.05) is 10.6 Å². The van der Waals surface area contributed by atoms with Crippen molar-refractivity contribution in [1.82, 2.24) is 15.0 Å². The summed E-state index contributed by atoms with van der Waals surface area (Å²) in [7, 11) is 0. The van der Waals surface area contributed by atoms with Gasteiger partial charge in [0.1, 0.15) is 6.33 Å². The zero-order chi connectivity index (χ0) is 20.4. The standard InChI is InChI=1S/C19H15ClN6O2S/c1-11-2-7-14-15(8-11)29-19(24-14)25-18-16(26(27)28)17(22-10-23-18)21-9-12-3-5-13(20)6-4-12/h2-8,10H,9H2,1H3,(H2,21,22,23,24,25). The Morgan fingerprint density at radius 1 is 1.14 bits per heavy atom. The minimum Gasteiger partial charge on any atom is -0.360 e. The molecule has 0 atom stereocenters. The smallest absolute Gasteiger partial charge is 0.353 e. The number of anilines is 3. The molecule has 2 heterocycles. The minimum absolute atomic E-state index is 0.0828. The molecular weight excluding hydrogens is 412 g/mol. The molecule has 146 valence electrons. The molecule has 0 bridgehead atoms. The lowest BCUT2D eigenvalue weighted by molar-refractivity contribution is -0.383. The van der Waals surface area contributed by atoms with Gasteiger partial charge in [-0.15, -0.1) is 0 Å². The lowest BCUT2D eigenvalue weighted by atomic mass is 10.2. The second-order valence-electron chi connectivity index (χ2n) is 6.27. The van der Waals surface area contributed by atoms with E-state index < -0.39 is 4.92 Å². The lowest BCUT2D eigenvalue weighted by Crippen LogP contribution is -2.08. The van der Waals surface area contributed by atoms with Crippen LogP contribution in [-0.4, -0.2) is 19.9 Å². The van der Waals surface area contributed by atoms with Gasteiger partial charge in [0, 0.05) is 11.6 Å². The molecule has 0 aliphatic carbocycles. The van der Waals surface area contributed by atoms with E-state index in [0.717, 1.165) is 21.3 Å². The van der Waals surface area contributed by atoms with Crippen molar-refractivity contribution in [2.24, 2.45) is 0 Å². The van der Waals surface area contributed by atoms with Crippen LogP contribution in [0.25, 0.3) is 10.2 Å². The van der Waals surface area contributed by atoms with Gasteiger partial charge in [0.25, 0.3) is 0 Å². The van der Waals surface area contributed by atoms with Crippen LogP contribution in [-0.2, 0) is 6.54 Å². The molecule has 4 rings (SSSR count). The average Bonchev–Trinajstić information content (AvgIpc) is 3.08. The lowest BCUT2D eigenvalue weighted by Gasteiger charge is -2.09. The van der Waals surface area contributed by atoms with Gasteiger partial charge in [-0.25, -0.2) is 15.0 Å². The number of halogens is 1. The molecule has 29 heavy (non-hydrogen) atoms. The van der Waals surface area contributed by atoms with E-state index in [1.54, 1.807) is 12.1 Å². The van der Waals surface area contributed by atoms with Crippen molar-refractivity contribution in [3.63, 3.8) is 0 Å². The molecule has 0 saturated carbocycles. The maximum atomic E-state index is 11.7. The monoisotopic (exact) mass is 426 g/mol. The van der Waals surface area contributed by atoms with Gasteiger partial charge >= 0.3 is 5.69 Å². The second kappa shape index (κ2) is 7.98. The highest BCUT2D eigenvalue weighted by atomic mass is 35.5. The Bertz CT molecular complexity index is 1200. The molecule has 0 aliphatic rings. The topological polar surface area (TPSA) is 106 Å². The SMILES string of the molecule is Cc1ccc2nc(Nc3ncnc(NCc4ccc(Cl)cc4)c3[N+](=O)[O-])sc2c1. The summed E-state index contributed by atoms with van der Waals surface area (Å²) in [6.45, 7) is 2.36. The van der Waals surface area contributed by atoms with E-state index >= 15 is 0 Å². The molecule has 0 aliphatic heterocycles. The minimum atomic E-state index is -0.510. The van der Waals surface area contributed by atoms with Crippen LogP contribution >= 0.6 is 22.9 Å². The summed E-state index contributed by atoms with van der Waals surface area (Å²) in [5.74, 6) is 0.207. The van der Waals surface area contributed by atoms with Crippen LogP contribution in [0, 0.1) is 17.0 Å². The van der Waals surface area contributed by atoms with E-state index in [1.165, 1.54) is 17.7 Å². The molecule has 2 N–H and O–H groups in total. The molecule has 0 fully saturated rings. The van der Waals surface area contributed by atoms with Crippen molar-refractivity contribution < 1.29 is 4.92 Å². The van der Waals surface area contributed by atoms with Crippen LogP contribution in [0.1, 0.15) is 11.1 Å². The number of fused-ring (bicyclic) bond motifs is 1. The third-order valence-electron chi connectivity index (χ3n) is 4.15. The number of aryl methyl sites for hydroxylation is 1. The molecule has 0 unspecified atom stereocenters. The normalized spacial score (nSPS) is 10.8. The Hall–Kier alpha value is -3.30. The van der Waals surface area contributed by atoms with Gasteiger partial charge in [-0.2, -0.15) is 0 Å². The van der Waals surface area contributed by atoms with Crippen molar-refractivity contribution in [3.8, 4) is 0 Å². The summed E-state index contributed by atoms with van der Waals surface area (Å²) in [5, 5.41) is 18.8. The van der Waals surface area contributed by atoms with Crippen molar-refractivity contribution >= 4 is 55.6 Å². The number of nitro groups is 1. The van der Waals surface area contributed by atoms with Gasteiger partial charge in [0.05, 0.1) is 15.1 Å². The Kier molecular flexibility index (Phi) is 5.24. The average molecular weight is 427 g/mol. The van der Waals surface area contributed by atoms with E-state index in [1.807, 2.05) is 37.3 Å². The van der Waals surface area contributed by atoms with E-state index in [-0.39, 0.29) is 17.3 Å². The first-order valence-corrected chi connectivity index (χ1v) is 9.81. The van der Waals surface area contributed by atoms with Crippen LogP contribution in [0.2, 0.25) is 5.02 Å². The van der Waals surface area contributed by atoms with E-state index in [2.05, 4.69) is 25.6 Å². The quantitative estimate of drug-likeness (QED) is 0.317. The molecule has 0 radical (unpaired) electrons. The van der Waals surface area contributed by atoms with E-state index in [0.29, 0.717) is 16.7 Å². The van der Waals surface area contributed by atoms with Crippen LogP contribution in [0.5, 0.6) is 0 Å². The summed E-state index contributed by atoms with van der Waals surface area (Å²) < 4.78 is 0.991. The summed E-state index contributed by atoms with van der Waals surface area (Å²) in [4.78, 5) is 23.8.